The molecule has 1 N–H and O–H groups in total. The van der Waals surface area contributed by atoms with Gasteiger partial charge in [-0.25, -0.2) is 0 Å². The highest BCUT2D eigenvalue weighted by atomic mass is 32.2. The summed E-state index contributed by atoms with van der Waals surface area (Å²) in [5, 5.41) is 1.15. The van der Waals surface area contributed by atoms with Crippen LogP contribution in [0.4, 0.5) is 0 Å². The minimum atomic E-state index is -0.313. The summed E-state index contributed by atoms with van der Waals surface area (Å²) in [4.78, 5) is 25.3. The van der Waals surface area contributed by atoms with Crippen molar-refractivity contribution < 1.29 is 9.59 Å². The van der Waals surface area contributed by atoms with Gasteiger partial charge in [0.2, 0.25) is 5.91 Å². The standard InChI is InChI=1S/C21H18N2O2S2/c1-15(12-16-8-4-2-5-9-16)13-18-20(25)23(21(26)27-18)22-19(24)14-17-10-6-3-7-11-17/h2-13H,14H2,1H3,(H,22,24). The van der Waals surface area contributed by atoms with Crippen LogP contribution in [0.25, 0.3) is 6.08 Å². The van der Waals surface area contributed by atoms with Crippen molar-refractivity contribution in [2.45, 2.75) is 13.3 Å². The summed E-state index contributed by atoms with van der Waals surface area (Å²) in [7, 11) is 0. The molecule has 6 heteroatoms. The van der Waals surface area contributed by atoms with Crippen molar-refractivity contribution in [1.82, 2.24) is 10.4 Å². The fraction of sp³-hybridized carbons (Fsp3) is 0.0952. The van der Waals surface area contributed by atoms with Gasteiger partial charge in [0.1, 0.15) is 0 Å². The van der Waals surface area contributed by atoms with Crippen molar-refractivity contribution in [2.75, 3.05) is 0 Å². The highest BCUT2D eigenvalue weighted by molar-refractivity contribution is 8.26. The molecule has 27 heavy (non-hydrogen) atoms. The Bertz CT molecular complexity index is 922. The molecule has 0 aliphatic carbocycles. The molecule has 136 valence electrons. The minimum Gasteiger partial charge on any atom is -0.273 e. The molecule has 0 bridgehead atoms. The van der Waals surface area contributed by atoms with Crippen LogP contribution in [0.15, 0.2) is 77.2 Å². The number of amides is 2. The molecule has 1 fully saturated rings. The molecule has 1 aliphatic heterocycles. The quantitative estimate of drug-likeness (QED) is 0.613. The van der Waals surface area contributed by atoms with Gasteiger partial charge in [0.05, 0.1) is 11.3 Å². The van der Waals surface area contributed by atoms with E-state index < -0.39 is 0 Å². The van der Waals surface area contributed by atoms with Crippen LogP contribution >= 0.6 is 24.0 Å². The highest BCUT2D eigenvalue weighted by Crippen LogP contribution is 2.30. The Morgan fingerprint density at radius 1 is 1.11 bits per heavy atom. The van der Waals surface area contributed by atoms with E-state index in [2.05, 4.69) is 5.43 Å². The molecule has 0 saturated carbocycles. The molecular weight excluding hydrogens is 376 g/mol. The summed E-state index contributed by atoms with van der Waals surface area (Å²) in [6.45, 7) is 1.92. The number of nitrogens with one attached hydrogen (secondary N) is 1. The van der Waals surface area contributed by atoms with Gasteiger partial charge in [-0.1, -0.05) is 78.5 Å². The number of thiocarbonyl (C=S) groups is 1. The average Bonchev–Trinajstić information content (AvgIpc) is 2.90. The minimum absolute atomic E-state index is 0.184. The predicted octanol–water partition coefficient (Wildman–Crippen LogP) is 4.11. The van der Waals surface area contributed by atoms with Crippen LogP contribution in [0.2, 0.25) is 0 Å². The molecule has 3 rings (SSSR count). The van der Waals surface area contributed by atoms with Gasteiger partial charge in [-0.05, 0) is 41.9 Å². The molecule has 0 spiro atoms. The molecule has 2 aromatic carbocycles. The van der Waals surface area contributed by atoms with Gasteiger partial charge in [-0.15, -0.1) is 0 Å². The zero-order chi connectivity index (χ0) is 19.2. The number of hydrazine groups is 1. The van der Waals surface area contributed by atoms with Gasteiger partial charge in [0.15, 0.2) is 4.32 Å². The summed E-state index contributed by atoms with van der Waals surface area (Å²) in [5.41, 5.74) is 5.46. The zero-order valence-corrected chi connectivity index (χ0v) is 16.3. The highest BCUT2D eigenvalue weighted by Gasteiger charge is 2.33. The van der Waals surface area contributed by atoms with E-state index in [1.165, 1.54) is 11.8 Å². The van der Waals surface area contributed by atoms with Crippen LogP contribution in [0, 0.1) is 0 Å². The van der Waals surface area contributed by atoms with Crippen LogP contribution in [-0.4, -0.2) is 21.1 Å². The van der Waals surface area contributed by atoms with E-state index in [9.17, 15) is 9.59 Å². The second kappa shape index (κ2) is 8.79. The first-order valence-electron chi connectivity index (χ1n) is 8.37. The first-order chi connectivity index (χ1) is 13.0. The number of carbonyl (C=O) groups excluding carboxylic acids is 2. The maximum Gasteiger partial charge on any atom is 0.285 e. The number of allylic oxidation sites excluding steroid dienone is 2. The van der Waals surface area contributed by atoms with Gasteiger partial charge in [-0.3, -0.25) is 15.0 Å². The maximum atomic E-state index is 12.6. The number of hydrogen-bond acceptors (Lipinski definition) is 4. The summed E-state index contributed by atoms with van der Waals surface area (Å²) in [6.07, 6.45) is 3.96. The lowest BCUT2D eigenvalue weighted by molar-refractivity contribution is -0.132. The van der Waals surface area contributed by atoms with Gasteiger partial charge >= 0.3 is 0 Å². The van der Waals surface area contributed by atoms with E-state index in [4.69, 9.17) is 12.2 Å². The smallest absolute Gasteiger partial charge is 0.273 e. The third-order valence-electron chi connectivity index (χ3n) is 3.79. The van der Waals surface area contributed by atoms with Crippen molar-refractivity contribution >= 4 is 46.2 Å². The van der Waals surface area contributed by atoms with Crippen molar-refractivity contribution in [3.8, 4) is 0 Å². The van der Waals surface area contributed by atoms with Gasteiger partial charge in [-0.2, -0.15) is 5.01 Å². The fourth-order valence-electron chi connectivity index (χ4n) is 2.57. The van der Waals surface area contributed by atoms with Crippen LogP contribution in [0.1, 0.15) is 18.1 Å². The van der Waals surface area contributed by atoms with E-state index >= 15 is 0 Å². The number of carbonyl (C=O) groups is 2. The van der Waals surface area contributed by atoms with E-state index in [1.54, 1.807) is 6.08 Å². The number of thioether (sulfide) groups is 1. The Hall–Kier alpha value is -2.70. The van der Waals surface area contributed by atoms with Crippen LogP contribution < -0.4 is 5.43 Å². The second-order valence-electron chi connectivity index (χ2n) is 6.01. The molecule has 1 saturated heterocycles. The first kappa shape index (κ1) is 19.1. The van der Waals surface area contributed by atoms with Gasteiger partial charge in [0, 0.05) is 0 Å². The Morgan fingerprint density at radius 2 is 1.74 bits per heavy atom. The molecule has 1 aliphatic rings. The van der Waals surface area contributed by atoms with E-state index in [-0.39, 0.29) is 18.2 Å². The average molecular weight is 395 g/mol. The van der Waals surface area contributed by atoms with Crippen molar-refractivity contribution in [1.29, 1.82) is 0 Å². The number of rotatable bonds is 5. The van der Waals surface area contributed by atoms with Crippen LogP contribution in [0.5, 0.6) is 0 Å². The summed E-state index contributed by atoms with van der Waals surface area (Å²) >= 11 is 6.44. The van der Waals surface area contributed by atoms with Crippen molar-refractivity contribution in [3.63, 3.8) is 0 Å². The number of hydrogen-bond donors (Lipinski definition) is 1. The topological polar surface area (TPSA) is 49.4 Å². The molecule has 2 amide bonds. The van der Waals surface area contributed by atoms with E-state index in [1.807, 2.05) is 73.7 Å². The lowest BCUT2D eigenvalue weighted by atomic mass is 10.1. The number of benzene rings is 2. The lowest BCUT2D eigenvalue weighted by Crippen LogP contribution is -2.45. The van der Waals surface area contributed by atoms with Crippen LogP contribution in [-0.2, 0) is 16.0 Å². The molecule has 2 aromatic rings. The Kier molecular flexibility index (Phi) is 6.21. The summed E-state index contributed by atoms with van der Waals surface area (Å²) in [6, 6.07) is 19.2. The molecule has 0 atom stereocenters. The zero-order valence-electron chi connectivity index (χ0n) is 14.7. The van der Waals surface area contributed by atoms with E-state index in [0.29, 0.717) is 9.23 Å². The fourth-order valence-corrected chi connectivity index (χ4v) is 3.80. The largest absolute Gasteiger partial charge is 0.285 e. The van der Waals surface area contributed by atoms with Crippen LogP contribution in [0.3, 0.4) is 0 Å². The van der Waals surface area contributed by atoms with Gasteiger partial charge in [0.25, 0.3) is 5.91 Å². The Labute approximate surface area is 167 Å². The lowest BCUT2D eigenvalue weighted by Gasteiger charge is -2.15. The third-order valence-corrected chi connectivity index (χ3v) is 5.09. The molecular formula is C21H18N2O2S2. The Balaban J connectivity index is 1.67. The van der Waals surface area contributed by atoms with Crippen molar-refractivity contribution in [2.24, 2.45) is 0 Å². The summed E-state index contributed by atoms with van der Waals surface area (Å²) in [5.74, 6) is -0.595. The van der Waals surface area contributed by atoms with E-state index in [0.717, 1.165) is 21.7 Å². The predicted molar refractivity (Wildman–Crippen MR) is 113 cm³/mol. The molecule has 0 aromatic heterocycles. The van der Waals surface area contributed by atoms with Gasteiger partial charge < -0.3 is 0 Å². The summed E-state index contributed by atoms with van der Waals surface area (Å²) < 4.78 is 0.320. The monoisotopic (exact) mass is 394 g/mol. The SMILES string of the molecule is CC(=Cc1ccccc1)C=C1SC(=S)N(NC(=O)Cc2ccccc2)C1=O. The second-order valence-corrected chi connectivity index (χ2v) is 7.69. The normalized spacial score (nSPS) is 16.1. The molecule has 1 heterocycles. The first-order valence-corrected chi connectivity index (χ1v) is 9.60. The number of nitrogens with zero attached hydrogens (tertiary/aromatic N) is 1. The molecule has 0 radical (unpaired) electrons. The third kappa shape index (κ3) is 5.15. The molecule has 4 nitrogen and oxygen atoms in total. The molecule has 0 unspecified atom stereocenters. The Morgan fingerprint density at radius 3 is 2.41 bits per heavy atom. The maximum absolute atomic E-state index is 12.6. The van der Waals surface area contributed by atoms with Crippen molar-refractivity contribution in [3.05, 3.63) is 88.3 Å².